The standard InChI is InChI=1S/C23H28N4O2S/c1-15-8-9-20(16(2)12-15)27-21(18-13-30-14-19(18)26-27)25-23(29)22(28)24-11-10-17-6-4-3-5-7-17/h6,8-9,12H,3-5,7,10-11,13-14H2,1-2H3,(H,24,28)(H,25,29). The lowest BCUT2D eigenvalue weighted by Crippen LogP contribution is -2.36. The van der Waals surface area contributed by atoms with Crippen LogP contribution in [-0.2, 0) is 21.1 Å². The number of benzene rings is 1. The minimum Gasteiger partial charge on any atom is -0.348 e. The fourth-order valence-electron chi connectivity index (χ4n) is 4.07. The van der Waals surface area contributed by atoms with Gasteiger partial charge in [0.2, 0.25) is 0 Å². The largest absolute Gasteiger partial charge is 0.348 e. The van der Waals surface area contributed by atoms with Crippen LogP contribution in [0, 0.1) is 13.8 Å². The monoisotopic (exact) mass is 424 g/mol. The lowest BCUT2D eigenvalue weighted by molar-refractivity contribution is -0.136. The summed E-state index contributed by atoms with van der Waals surface area (Å²) < 4.78 is 1.77. The average molecular weight is 425 g/mol. The molecule has 0 bridgehead atoms. The van der Waals surface area contributed by atoms with E-state index in [0.29, 0.717) is 12.4 Å². The molecule has 0 unspecified atom stereocenters. The molecule has 0 saturated carbocycles. The lowest BCUT2D eigenvalue weighted by Gasteiger charge is -2.14. The smallest absolute Gasteiger partial charge is 0.314 e. The molecule has 0 atom stereocenters. The van der Waals surface area contributed by atoms with Gasteiger partial charge in [-0.3, -0.25) is 9.59 Å². The van der Waals surface area contributed by atoms with E-state index in [1.165, 1.54) is 24.0 Å². The van der Waals surface area contributed by atoms with Crippen molar-refractivity contribution in [2.24, 2.45) is 0 Å². The number of nitrogens with one attached hydrogen (secondary N) is 2. The Hall–Kier alpha value is -2.54. The van der Waals surface area contributed by atoms with E-state index >= 15 is 0 Å². The molecular formula is C23H28N4O2S. The van der Waals surface area contributed by atoms with Crippen molar-refractivity contribution in [3.8, 4) is 5.69 Å². The van der Waals surface area contributed by atoms with E-state index in [1.54, 1.807) is 16.4 Å². The number of amides is 2. The molecule has 0 saturated heterocycles. The number of aromatic nitrogens is 2. The first-order valence-electron chi connectivity index (χ1n) is 10.6. The Kier molecular flexibility index (Phi) is 6.27. The third kappa shape index (κ3) is 4.46. The fraction of sp³-hybridized carbons (Fsp3) is 0.435. The molecule has 6 nitrogen and oxygen atoms in total. The first-order valence-corrected chi connectivity index (χ1v) is 11.7. The molecule has 2 aliphatic rings. The predicted molar refractivity (Wildman–Crippen MR) is 121 cm³/mol. The zero-order valence-electron chi connectivity index (χ0n) is 17.6. The topological polar surface area (TPSA) is 76.0 Å². The van der Waals surface area contributed by atoms with Crippen LogP contribution < -0.4 is 10.6 Å². The summed E-state index contributed by atoms with van der Waals surface area (Å²) in [7, 11) is 0. The average Bonchev–Trinajstić information content (AvgIpc) is 3.31. The van der Waals surface area contributed by atoms with E-state index in [0.717, 1.165) is 53.3 Å². The first-order chi connectivity index (χ1) is 14.5. The molecule has 30 heavy (non-hydrogen) atoms. The summed E-state index contributed by atoms with van der Waals surface area (Å²) in [5.41, 5.74) is 6.52. The number of fused-ring (bicyclic) bond motifs is 1. The highest BCUT2D eigenvalue weighted by molar-refractivity contribution is 7.98. The highest BCUT2D eigenvalue weighted by Crippen LogP contribution is 2.36. The van der Waals surface area contributed by atoms with Gasteiger partial charge in [0.1, 0.15) is 5.82 Å². The van der Waals surface area contributed by atoms with Gasteiger partial charge in [0.05, 0.1) is 11.4 Å². The third-order valence-corrected chi connectivity index (χ3v) is 6.66. The van der Waals surface area contributed by atoms with E-state index in [-0.39, 0.29) is 0 Å². The van der Waals surface area contributed by atoms with E-state index in [1.807, 2.05) is 26.0 Å². The van der Waals surface area contributed by atoms with Crippen molar-refractivity contribution in [2.45, 2.75) is 57.5 Å². The summed E-state index contributed by atoms with van der Waals surface area (Å²) >= 11 is 1.77. The molecule has 4 rings (SSSR count). The molecule has 158 valence electrons. The van der Waals surface area contributed by atoms with Crippen molar-refractivity contribution in [1.82, 2.24) is 15.1 Å². The minimum absolute atomic E-state index is 0.488. The van der Waals surface area contributed by atoms with Gasteiger partial charge in [-0.05, 0) is 57.6 Å². The second-order valence-electron chi connectivity index (χ2n) is 8.04. The van der Waals surface area contributed by atoms with E-state index < -0.39 is 11.8 Å². The van der Waals surface area contributed by atoms with Crippen molar-refractivity contribution < 1.29 is 9.59 Å². The molecule has 1 aliphatic heterocycles. The fourth-order valence-corrected chi connectivity index (χ4v) is 5.11. The van der Waals surface area contributed by atoms with Gasteiger partial charge >= 0.3 is 11.8 Å². The zero-order chi connectivity index (χ0) is 21.1. The molecule has 2 heterocycles. The predicted octanol–water partition coefficient (Wildman–Crippen LogP) is 4.18. The quantitative estimate of drug-likeness (QED) is 0.558. The molecule has 1 aromatic carbocycles. The van der Waals surface area contributed by atoms with Crippen LogP contribution in [-0.4, -0.2) is 28.1 Å². The molecule has 0 spiro atoms. The number of nitrogens with zero attached hydrogens (tertiary/aromatic N) is 2. The summed E-state index contributed by atoms with van der Waals surface area (Å²) in [6, 6.07) is 6.13. The van der Waals surface area contributed by atoms with Crippen LogP contribution in [0.4, 0.5) is 5.82 Å². The number of anilines is 1. The summed E-state index contributed by atoms with van der Waals surface area (Å²) in [6.07, 6.45) is 7.75. The molecule has 7 heteroatoms. The van der Waals surface area contributed by atoms with Gasteiger partial charge in [0, 0.05) is 23.6 Å². The number of hydrogen-bond acceptors (Lipinski definition) is 4. The maximum Gasteiger partial charge on any atom is 0.314 e. The lowest BCUT2D eigenvalue weighted by atomic mass is 9.97. The van der Waals surface area contributed by atoms with E-state index in [2.05, 4.69) is 22.8 Å². The number of carbonyl (C=O) groups is 2. The maximum atomic E-state index is 12.6. The highest BCUT2D eigenvalue weighted by atomic mass is 32.2. The van der Waals surface area contributed by atoms with Gasteiger partial charge in [-0.2, -0.15) is 16.9 Å². The van der Waals surface area contributed by atoms with Crippen molar-refractivity contribution in [3.63, 3.8) is 0 Å². The minimum atomic E-state index is -0.641. The molecule has 2 N–H and O–H groups in total. The third-order valence-electron chi connectivity index (χ3n) is 5.69. The molecule has 1 aliphatic carbocycles. The van der Waals surface area contributed by atoms with Gasteiger partial charge in [-0.25, -0.2) is 4.68 Å². The van der Waals surface area contributed by atoms with Crippen LogP contribution in [0.15, 0.2) is 29.8 Å². The van der Waals surface area contributed by atoms with Crippen LogP contribution >= 0.6 is 11.8 Å². The first kappa shape index (κ1) is 20.7. The van der Waals surface area contributed by atoms with Gasteiger partial charge in [0.15, 0.2) is 0 Å². The van der Waals surface area contributed by atoms with Crippen LogP contribution in [0.1, 0.15) is 54.5 Å². The van der Waals surface area contributed by atoms with Crippen LogP contribution in [0.2, 0.25) is 0 Å². The number of rotatable bonds is 5. The van der Waals surface area contributed by atoms with Crippen molar-refractivity contribution in [3.05, 3.63) is 52.2 Å². The van der Waals surface area contributed by atoms with Gasteiger partial charge in [0.25, 0.3) is 0 Å². The van der Waals surface area contributed by atoms with Gasteiger partial charge in [-0.1, -0.05) is 29.3 Å². The Labute approximate surface area is 181 Å². The molecular weight excluding hydrogens is 396 g/mol. The molecule has 1 aromatic heterocycles. The maximum absolute atomic E-state index is 12.6. The second kappa shape index (κ2) is 9.08. The number of aryl methyl sites for hydroxylation is 2. The van der Waals surface area contributed by atoms with Crippen LogP contribution in [0.25, 0.3) is 5.69 Å². The van der Waals surface area contributed by atoms with Gasteiger partial charge in [-0.15, -0.1) is 0 Å². The molecule has 2 aromatic rings. The zero-order valence-corrected chi connectivity index (χ0v) is 18.4. The van der Waals surface area contributed by atoms with E-state index in [9.17, 15) is 9.59 Å². The molecule has 0 radical (unpaired) electrons. The van der Waals surface area contributed by atoms with Crippen molar-refractivity contribution >= 4 is 29.4 Å². The Morgan fingerprint density at radius 3 is 2.80 bits per heavy atom. The Morgan fingerprint density at radius 1 is 1.17 bits per heavy atom. The number of thioether (sulfide) groups is 1. The number of hydrogen-bond donors (Lipinski definition) is 2. The normalized spacial score (nSPS) is 15.5. The number of allylic oxidation sites excluding steroid dienone is 1. The van der Waals surface area contributed by atoms with E-state index in [4.69, 9.17) is 5.10 Å². The Balaban J connectivity index is 1.47. The Bertz CT molecular complexity index is 1010. The molecule has 0 fully saturated rings. The highest BCUT2D eigenvalue weighted by Gasteiger charge is 2.26. The Morgan fingerprint density at radius 2 is 2.03 bits per heavy atom. The summed E-state index contributed by atoms with van der Waals surface area (Å²) in [5.74, 6) is 0.970. The van der Waals surface area contributed by atoms with Crippen molar-refractivity contribution in [1.29, 1.82) is 0 Å². The second-order valence-corrected chi connectivity index (χ2v) is 9.02. The van der Waals surface area contributed by atoms with Crippen molar-refractivity contribution in [2.75, 3.05) is 11.9 Å². The SMILES string of the molecule is Cc1ccc(-n2nc3c(c2NC(=O)C(=O)NCCC2=CCCCC2)CSC3)c(C)c1. The van der Waals surface area contributed by atoms with Crippen LogP contribution in [0.3, 0.4) is 0 Å². The summed E-state index contributed by atoms with van der Waals surface area (Å²) in [6.45, 7) is 4.57. The van der Waals surface area contributed by atoms with Gasteiger partial charge < -0.3 is 10.6 Å². The number of carbonyl (C=O) groups excluding carboxylic acids is 2. The van der Waals surface area contributed by atoms with Crippen LogP contribution in [0.5, 0.6) is 0 Å². The summed E-state index contributed by atoms with van der Waals surface area (Å²) in [5, 5.41) is 10.3. The molecule has 2 amide bonds. The summed E-state index contributed by atoms with van der Waals surface area (Å²) in [4.78, 5) is 25.0.